The van der Waals surface area contributed by atoms with Crippen LogP contribution in [0.15, 0.2) is 18.2 Å². The molecule has 116 valence electrons. The quantitative estimate of drug-likeness (QED) is 0.447. The van der Waals surface area contributed by atoms with Gasteiger partial charge in [-0.25, -0.2) is 0 Å². The lowest BCUT2D eigenvalue weighted by Crippen LogP contribution is -2.28. The van der Waals surface area contributed by atoms with Gasteiger partial charge in [0.1, 0.15) is 0 Å². The van der Waals surface area contributed by atoms with E-state index in [1.165, 1.54) is 12.1 Å². The molecule has 0 aliphatic carbocycles. The van der Waals surface area contributed by atoms with Gasteiger partial charge in [-0.3, -0.25) is 14.9 Å². The number of nitro benzene ring substituents is 1. The van der Waals surface area contributed by atoms with Crippen LogP contribution in [0.25, 0.3) is 0 Å². The van der Waals surface area contributed by atoms with Gasteiger partial charge in [-0.05, 0) is 20.2 Å². The lowest BCUT2D eigenvalue weighted by molar-refractivity contribution is -0.384. The predicted octanol–water partition coefficient (Wildman–Crippen LogP) is 1.56. The number of benzene rings is 1. The molecule has 7 nitrogen and oxygen atoms in total. The van der Waals surface area contributed by atoms with Gasteiger partial charge in [0.15, 0.2) is 0 Å². The van der Waals surface area contributed by atoms with Gasteiger partial charge >= 0.3 is 0 Å². The van der Waals surface area contributed by atoms with Crippen molar-refractivity contribution < 1.29 is 14.5 Å². The van der Waals surface area contributed by atoms with Crippen LogP contribution >= 0.6 is 11.6 Å². The first-order chi connectivity index (χ1) is 9.91. The van der Waals surface area contributed by atoms with E-state index in [0.717, 1.165) is 12.6 Å². The Morgan fingerprint density at radius 1 is 1.43 bits per heavy atom. The van der Waals surface area contributed by atoms with Crippen LogP contribution in [0.3, 0.4) is 0 Å². The second kappa shape index (κ2) is 8.56. The summed E-state index contributed by atoms with van der Waals surface area (Å²) in [6, 6.07) is 3.74. The van der Waals surface area contributed by atoms with Gasteiger partial charge in [-0.15, -0.1) is 0 Å². The molecule has 0 aromatic heterocycles. The minimum atomic E-state index is -0.563. The SMILES string of the molecule is CN(C)CCOCCNC(=O)c1ccc([N+](=O)[O-])cc1Cl. The van der Waals surface area contributed by atoms with Crippen molar-refractivity contribution >= 4 is 23.2 Å². The Bertz CT molecular complexity index is 508. The van der Waals surface area contributed by atoms with Crippen LogP contribution < -0.4 is 5.32 Å². The molecule has 0 bridgehead atoms. The topological polar surface area (TPSA) is 84.7 Å². The minimum absolute atomic E-state index is 0.0511. The molecular weight excluding hydrogens is 298 g/mol. The molecule has 1 aromatic carbocycles. The Morgan fingerprint density at radius 3 is 2.71 bits per heavy atom. The fourth-order valence-corrected chi connectivity index (χ4v) is 1.74. The molecule has 0 radical (unpaired) electrons. The van der Waals surface area contributed by atoms with Crippen molar-refractivity contribution in [1.29, 1.82) is 0 Å². The maximum Gasteiger partial charge on any atom is 0.270 e. The van der Waals surface area contributed by atoms with Crippen molar-refractivity contribution in [2.45, 2.75) is 0 Å². The van der Waals surface area contributed by atoms with Gasteiger partial charge in [0.2, 0.25) is 0 Å². The fraction of sp³-hybridized carbons (Fsp3) is 0.462. The highest BCUT2D eigenvalue weighted by Crippen LogP contribution is 2.22. The largest absolute Gasteiger partial charge is 0.378 e. The lowest BCUT2D eigenvalue weighted by atomic mass is 10.2. The van der Waals surface area contributed by atoms with Crippen LogP contribution in [0, 0.1) is 10.1 Å². The number of rotatable bonds is 8. The van der Waals surface area contributed by atoms with Gasteiger partial charge in [-0.2, -0.15) is 0 Å². The van der Waals surface area contributed by atoms with Crippen LogP contribution in [0.1, 0.15) is 10.4 Å². The van der Waals surface area contributed by atoms with Gasteiger partial charge < -0.3 is 15.0 Å². The third kappa shape index (κ3) is 6.07. The van der Waals surface area contributed by atoms with Crippen molar-refractivity contribution in [2.75, 3.05) is 40.4 Å². The zero-order valence-electron chi connectivity index (χ0n) is 12.0. The van der Waals surface area contributed by atoms with E-state index in [-0.39, 0.29) is 22.2 Å². The predicted molar refractivity (Wildman–Crippen MR) is 79.8 cm³/mol. The van der Waals surface area contributed by atoms with Crippen LogP contribution in [-0.2, 0) is 4.74 Å². The summed E-state index contributed by atoms with van der Waals surface area (Å²) in [4.78, 5) is 23.9. The number of nitrogens with zero attached hydrogens (tertiary/aromatic N) is 2. The van der Waals surface area contributed by atoms with E-state index in [4.69, 9.17) is 16.3 Å². The lowest BCUT2D eigenvalue weighted by Gasteiger charge is -2.10. The first-order valence-corrected chi connectivity index (χ1v) is 6.74. The van der Waals surface area contributed by atoms with Crippen LogP contribution in [0.4, 0.5) is 5.69 Å². The molecule has 21 heavy (non-hydrogen) atoms. The van der Waals surface area contributed by atoms with Gasteiger partial charge in [0, 0.05) is 25.2 Å². The van der Waals surface area contributed by atoms with Crippen molar-refractivity contribution in [2.24, 2.45) is 0 Å². The number of non-ortho nitro benzene ring substituents is 1. The number of carbonyl (C=O) groups excluding carboxylic acids is 1. The molecule has 0 saturated carbocycles. The number of nitro groups is 1. The maximum atomic E-state index is 11.9. The second-order valence-electron chi connectivity index (χ2n) is 4.59. The number of amides is 1. The molecular formula is C13H18ClN3O4. The molecule has 0 unspecified atom stereocenters. The maximum absolute atomic E-state index is 11.9. The highest BCUT2D eigenvalue weighted by atomic mass is 35.5. The van der Waals surface area contributed by atoms with Crippen molar-refractivity contribution in [3.8, 4) is 0 Å². The number of halogens is 1. The van der Waals surface area contributed by atoms with E-state index in [2.05, 4.69) is 5.32 Å². The summed E-state index contributed by atoms with van der Waals surface area (Å²) < 4.78 is 5.33. The first-order valence-electron chi connectivity index (χ1n) is 6.36. The number of hydrogen-bond donors (Lipinski definition) is 1. The number of ether oxygens (including phenoxy) is 1. The van der Waals surface area contributed by atoms with Gasteiger partial charge in [-0.1, -0.05) is 11.6 Å². The van der Waals surface area contributed by atoms with Crippen LogP contribution in [0.2, 0.25) is 5.02 Å². The number of nitrogens with one attached hydrogen (secondary N) is 1. The van der Waals surface area contributed by atoms with E-state index in [1.807, 2.05) is 19.0 Å². The number of carbonyl (C=O) groups is 1. The standard InChI is InChI=1S/C13H18ClN3O4/c1-16(2)6-8-21-7-5-15-13(18)11-4-3-10(17(19)20)9-12(11)14/h3-4,9H,5-8H2,1-2H3,(H,15,18). The highest BCUT2D eigenvalue weighted by Gasteiger charge is 2.14. The fourth-order valence-electron chi connectivity index (χ4n) is 1.48. The molecule has 0 saturated heterocycles. The highest BCUT2D eigenvalue weighted by molar-refractivity contribution is 6.34. The van der Waals surface area contributed by atoms with E-state index in [0.29, 0.717) is 19.8 Å². The summed E-state index contributed by atoms with van der Waals surface area (Å²) in [5.41, 5.74) is 0.0547. The average Bonchev–Trinajstić information content (AvgIpc) is 2.41. The Kier molecular flexibility index (Phi) is 7.07. The Labute approximate surface area is 128 Å². The molecule has 0 atom stereocenters. The smallest absolute Gasteiger partial charge is 0.270 e. The molecule has 1 aromatic rings. The molecule has 1 amide bonds. The molecule has 0 fully saturated rings. The minimum Gasteiger partial charge on any atom is -0.378 e. The zero-order chi connectivity index (χ0) is 15.8. The van der Waals surface area contributed by atoms with Crippen molar-refractivity contribution in [3.05, 3.63) is 38.9 Å². The molecule has 0 aliphatic heterocycles. The normalized spacial score (nSPS) is 10.7. The first kappa shape index (κ1) is 17.4. The van der Waals surface area contributed by atoms with Gasteiger partial charge in [0.25, 0.3) is 11.6 Å². The van der Waals surface area contributed by atoms with E-state index < -0.39 is 4.92 Å². The molecule has 8 heteroatoms. The third-order valence-corrected chi connectivity index (χ3v) is 2.94. The second-order valence-corrected chi connectivity index (χ2v) is 5.00. The summed E-state index contributed by atoms with van der Waals surface area (Å²) >= 11 is 5.86. The third-order valence-electron chi connectivity index (χ3n) is 2.62. The summed E-state index contributed by atoms with van der Waals surface area (Å²) in [5.74, 6) is -0.383. The molecule has 0 spiro atoms. The Morgan fingerprint density at radius 2 is 2.14 bits per heavy atom. The Hall–Kier alpha value is -1.70. The molecule has 1 rings (SSSR count). The van der Waals surface area contributed by atoms with Crippen LogP contribution in [0.5, 0.6) is 0 Å². The summed E-state index contributed by atoms with van der Waals surface area (Å²) in [6.07, 6.45) is 0. The molecule has 0 aliphatic rings. The zero-order valence-corrected chi connectivity index (χ0v) is 12.7. The van der Waals surface area contributed by atoms with E-state index >= 15 is 0 Å². The van der Waals surface area contributed by atoms with Crippen molar-refractivity contribution in [1.82, 2.24) is 10.2 Å². The Balaban J connectivity index is 2.40. The van der Waals surface area contributed by atoms with E-state index in [1.54, 1.807) is 0 Å². The van der Waals surface area contributed by atoms with Crippen molar-refractivity contribution in [3.63, 3.8) is 0 Å². The van der Waals surface area contributed by atoms with E-state index in [9.17, 15) is 14.9 Å². The average molecular weight is 316 g/mol. The molecule has 1 N–H and O–H groups in total. The molecule has 0 heterocycles. The summed E-state index contributed by atoms with van der Waals surface area (Å²) in [7, 11) is 3.89. The van der Waals surface area contributed by atoms with Crippen LogP contribution in [-0.4, -0.2) is 56.1 Å². The monoisotopic (exact) mass is 315 g/mol. The van der Waals surface area contributed by atoms with Gasteiger partial charge in [0.05, 0.1) is 28.7 Å². The summed E-state index contributed by atoms with van der Waals surface area (Å²) in [6.45, 7) is 2.13. The number of hydrogen-bond acceptors (Lipinski definition) is 5. The number of likely N-dealkylation sites (N-methyl/N-ethyl adjacent to an activating group) is 1. The summed E-state index contributed by atoms with van der Waals surface area (Å²) in [5, 5.41) is 13.3.